The van der Waals surface area contributed by atoms with Crippen LogP contribution in [0.4, 0.5) is 0 Å². The Morgan fingerprint density at radius 2 is 2.00 bits per heavy atom. The van der Waals surface area contributed by atoms with Crippen molar-refractivity contribution in [2.75, 3.05) is 26.2 Å². The molecule has 2 heterocycles. The first-order valence-electron chi connectivity index (χ1n) is 7.37. The summed E-state index contributed by atoms with van der Waals surface area (Å²) in [5.41, 5.74) is 0. The van der Waals surface area contributed by atoms with Crippen molar-refractivity contribution in [2.45, 2.75) is 11.6 Å². The number of hydrogen-bond acceptors (Lipinski definition) is 6. The van der Waals surface area contributed by atoms with Crippen molar-refractivity contribution in [3.63, 3.8) is 0 Å². The lowest BCUT2D eigenvalue weighted by molar-refractivity contribution is 0.145. The van der Waals surface area contributed by atoms with E-state index in [9.17, 15) is 8.42 Å². The molecule has 1 aromatic heterocycles. The molecule has 0 amide bonds. The van der Waals surface area contributed by atoms with Crippen LogP contribution in [0.15, 0.2) is 33.9 Å². The Morgan fingerprint density at radius 1 is 1.28 bits per heavy atom. The van der Waals surface area contributed by atoms with Crippen molar-refractivity contribution in [1.82, 2.24) is 24.0 Å². The average Bonchev–Trinajstić information content (AvgIpc) is 3.02. The van der Waals surface area contributed by atoms with E-state index in [-0.39, 0.29) is 15.7 Å². The smallest absolute Gasteiger partial charge is 0.252 e. The third-order valence-electron chi connectivity index (χ3n) is 3.82. The molecule has 0 aliphatic carbocycles. The highest BCUT2D eigenvalue weighted by atomic mass is 79.9. The van der Waals surface area contributed by atoms with Gasteiger partial charge in [0.25, 0.3) is 5.82 Å². The van der Waals surface area contributed by atoms with Crippen LogP contribution in [0, 0.1) is 11.3 Å². The predicted octanol–water partition coefficient (Wildman–Crippen LogP) is 1.53. The molecule has 0 spiro atoms. The summed E-state index contributed by atoms with van der Waals surface area (Å²) in [7, 11) is -3.63. The maximum atomic E-state index is 12.8. The molecule has 11 heteroatoms. The summed E-state index contributed by atoms with van der Waals surface area (Å²) in [5.74, 6) is 0.117. The highest BCUT2D eigenvalue weighted by Crippen LogP contribution is 2.28. The van der Waals surface area contributed by atoms with Crippen molar-refractivity contribution < 1.29 is 8.42 Å². The second kappa shape index (κ2) is 7.39. The molecule has 0 radical (unpaired) electrons. The average molecular weight is 446 g/mol. The number of aromatic nitrogens is 3. The summed E-state index contributed by atoms with van der Waals surface area (Å²) in [6.45, 7) is 2.27. The van der Waals surface area contributed by atoms with Gasteiger partial charge < -0.3 is 0 Å². The molecule has 1 aromatic carbocycles. The van der Waals surface area contributed by atoms with Crippen LogP contribution in [0.25, 0.3) is 0 Å². The standard InChI is InChI=1S/C14H14BrClN6O2S/c15-11-1-2-13(12(16)7-11)25(23,24)22-5-3-20(4-6-22)10-21-9-18-14(8-17)19-21/h1-2,7,9H,3-6,10H2. The Balaban J connectivity index is 1.66. The van der Waals surface area contributed by atoms with Crippen LogP contribution in [0.3, 0.4) is 0 Å². The number of piperazine rings is 1. The maximum absolute atomic E-state index is 12.8. The summed E-state index contributed by atoms with van der Waals surface area (Å²) in [6.07, 6.45) is 1.49. The van der Waals surface area contributed by atoms with E-state index in [2.05, 4.69) is 26.0 Å². The second-order valence-corrected chi connectivity index (χ2v) is 8.69. The van der Waals surface area contributed by atoms with Gasteiger partial charge in [0.2, 0.25) is 10.0 Å². The summed E-state index contributed by atoms with van der Waals surface area (Å²) >= 11 is 9.37. The van der Waals surface area contributed by atoms with Crippen LogP contribution in [-0.2, 0) is 16.7 Å². The quantitative estimate of drug-likeness (QED) is 0.708. The Kier molecular flexibility index (Phi) is 5.41. The van der Waals surface area contributed by atoms with E-state index in [1.807, 2.05) is 11.0 Å². The zero-order valence-electron chi connectivity index (χ0n) is 13.0. The van der Waals surface area contributed by atoms with Crippen molar-refractivity contribution in [1.29, 1.82) is 5.26 Å². The lowest BCUT2D eigenvalue weighted by Crippen LogP contribution is -2.48. The summed E-state index contributed by atoms with van der Waals surface area (Å²) in [4.78, 5) is 6.01. The molecule has 1 aliphatic heterocycles. The fraction of sp³-hybridized carbons (Fsp3) is 0.357. The molecule has 0 N–H and O–H groups in total. The number of halogens is 2. The SMILES string of the molecule is N#Cc1ncn(CN2CCN(S(=O)(=O)c3ccc(Br)cc3Cl)CC2)n1. The third kappa shape index (κ3) is 4.02. The Labute approximate surface area is 158 Å². The van der Waals surface area contributed by atoms with Gasteiger partial charge in [-0.3, -0.25) is 4.90 Å². The predicted molar refractivity (Wildman–Crippen MR) is 94.2 cm³/mol. The van der Waals surface area contributed by atoms with Gasteiger partial charge in [-0.1, -0.05) is 27.5 Å². The van der Waals surface area contributed by atoms with Crippen LogP contribution in [0.1, 0.15) is 5.82 Å². The van der Waals surface area contributed by atoms with Crippen molar-refractivity contribution in [3.8, 4) is 6.07 Å². The zero-order valence-corrected chi connectivity index (χ0v) is 16.2. The first kappa shape index (κ1) is 18.3. The molecular weight excluding hydrogens is 432 g/mol. The molecular formula is C14H14BrClN6O2S. The lowest BCUT2D eigenvalue weighted by Gasteiger charge is -2.33. The van der Waals surface area contributed by atoms with E-state index in [0.717, 1.165) is 4.47 Å². The summed E-state index contributed by atoms with van der Waals surface area (Å²) in [6, 6.07) is 6.61. The van der Waals surface area contributed by atoms with Gasteiger partial charge in [0.15, 0.2) is 0 Å². The molecule has 1 fully saturated rings. The lowest BCUT2D eigenvalue weighted by atomic mass is 10.4. The van der Waals surface area contributed by atoms with Gasteiger partial charge in [0.1, 0.15) is 17.3 Å². The van der Waals surface area contributed by atoms with Gasteiger partial charge in [-0.15, -0.1) is 5.10 Å². The van der Waals surface area contributed by atoms with Crippen molar-refractivity contribution in [2.24, 2.45) is 0 Å². The van der Waals surface area contributed by atoms with Crippen LogP contribution in [0.2, 0.25) is 5.02 Å². The van der Waals surface area contributed by atoms with E-state index in [0.29, 0.717) is 32.8 Å². The number of benzene rings is 1. The minimum absolute atomic E-state index is 0.112. The molecule has 0 unspecified atom stereocenters. The molecule has 25 heavy (non-hydrogen) atoms. The van der Waals surface area contributed by atoms with Gasteiger partial charge in [-0.25, -0.2) is 18.1 Å². The monoisotopic (exact) mass is 444 g/mol. The van der Waals surface area contributed by atoms with Gasteiger partial charge in [-0.2, -0.15) is 9.57 Å². The van der Waals surface area contributed by atoms with Gasteiger partial charge >= 0.3 is 0 Å². The molecule has 3 rings (SSSR count). The maximum Gasteiger partial charge on any atom is 0.252 e. The Hall–Kier alpha value is -1.51. The normalized spacial score (nSPS) is 16.7. The largest absolute Gasteiger partial charge is 0.282 e. The molecule has 1 saturated heterocycles. The number of hydrogen-bond donors (Lipinski definition) is 0. The van der Waals surface area contributed by atoms with Crippen molar-refractivity contribution >= 4 is 37.6 Å². The molecule has 0 bridgehead atoms. The minimum atomic E-state index is -3.63. The zero-order chi connectivity index (χ0) is 18.0. The number of nitrogens with zero attached hydrogens (tertiary/aromatic N) is 6. The first-order chi connectivity index (χ1) is 11.9. The molecule has 132 valence electrons. The highest BCUT2D eigenvalue weighted by molar-refractivity contribution is 9.10. The Bertz CT molecular complexity index is 918. The van der Waals surface area contributed by atoms with E-state index in [1.54, 1.807) is 16.8 Å². The molecule has 1 aliphatic rings. The van der Waals surface area contributed by atoms with Crippen LogP contribution in [0.5, 0.6) is 0 Å². The van der Waals surface area contributed by atoms with Crippen LogP contribution >= 0.6 is 27.5 Å². The first-order valence-corrected chi connectivity index (χ1v) is 9.98. The topological polar surface area (TPSA) is 95.1 Å². The molecule has 8 nitrogen and oxygen atoms in total. The number of sulfonamides is 1. The molecule has 0 saturated carbocycles. The third-order valence-corrected chi connectivity index (χ3v) is 6.70. The fourth-order valence-electron chi connectivity index (χ4n) is 2.55. The van der Waals surface area contributed by atoms with E-state index < -0.39 is 10.0 Å². The van der Waals surface area contributed by atoms with Crippen molar-refractivity contribution in [3.05, 3.63) is 39.8 Å². The number of rotatable bonds is 4. The summed E-state index contributed by atoms with van der Waals surface area (Å²) in [5, 5.41) is 12.9. The Morgan fingerprint density at radius 3 is 2.60 bits per heavy atom. The molecule has 0 atom stereocenters. The summed E-state index contributed by atoms with van der Waals surface area (Å²) < 4.78 is 29.3. The van der Waals surface area contributed by atoms with Crippen LogP contribution < -0.4 is 0 Å². The van der Waals surface area contributed by atoms with E-state index >= 15 is 0 Å². The van der Waals surface area contributed by atoms with Gasteiger partial charge in [0.05, 0.1) is 11.7 Å². The molecule has 2 aromatic rings. The fourth-order valence-corrected chi connectivity index (χ4v) is 4.99. The van der Waals surface area contributed by atoms with Gasteiger partial charge in [-0.05, 0) is 18.2 Å². The van der Waals surface area contributed by atoms with E-state index in [1.165, 1.54) is 16.7 Å². The van der Waals surface area contributed by atoms with Gasteiger partial charge in [0, 0.05) is 30.7 Å². The highest BCUT2D eigenvalue weighted by Gasteiger charge is 2.30. The van der Waals surface area contributed by atoms with E-state index in [4.69, 9.17) is 16.9 Å². The van der Waals surface area contributed by atoms with Crippen LogP contribution in [-0.4, -0.2) is 58.6 Å². The second-order valence-electron chi connectivity index (χ2n) is 5.46. The minimum Gasteiger partial charge on any atom is -0.282 e. The number of nitriles is 1.